The fraction of sp³-hybridized carbons (Fsp3) is 0.286. The number of fused-ring (bicyclic) bond motifs is 1. The van der Waals surface area contributed by atoms with E-state index in [4.69, 9.17) is 16.3 Å². The van der Waals surface area contributed by atoms with Gasteiger partial charge in [0.2, 0.25) is 5.76 Å². The number of ether oxygens (including phenoxy) is 1. The van der Waals surface area contributed by atoms with Crippen LogP contribution in [0, 0.1) is 5.82 Å². The number of carboxylic acids is 1. The van der Waals surface area contributed by atoms with E-state index in [0.29, 0.717) is 30.0 Å². The quantitative estimate of drug-likeness (QED) is 0.712. The smallest absolute Gasteiger partial charge is 0.373 e. The van der Waals surface area contributed by atoms with Crippen LogP contribution in [-0.4, -0.2) is 42.4 Å². The molecule has 8 heteroatoms. The predicted molar refractivity (Wildman–Crippen MR) is 110 cm³/mol. The Morgan fingerprint density at radius 2 is 2.10 bits per heavy atom. The summed E-state index contributed by atoms with van der Waals surface area (Å²) in [5.74, 6) is -1.45. The second-order valence-electron chi connectivity index (χ2n) is 6.88. The molecule has 2 aromatic carbocycles. The molecule has 0 aromatic heterocycles. The van der Waals surface area contributed by atoms with Crippen molar-refractivity contribution in [3.63, 3.8) is 0 Å². The van der Waals surface area contributed by atoms with Crippen molar-refractivity contribution in [3.05, 3.63) is 64.8 Å². The van der Waals surface area contributed by atoms with Crippen LogP contribution in [0.25, 0.3) is 0 Å². The predicted octanol–water partition coefficient (Wildman–Crippen LogP) is 3.66. The molecule has 1 aliphatic heterocycles. The van der Waals surface area contributed by atoms with Gasteiger partial charge in [0.05, 0.1) is 29.6 Å². The standard InChI is InChI=1S/C21H22ClFN2O4/c1-13(12-26)25-11-19(21(27)28)29-18-10-15(6-7-17(18)25)24(2)9-8-14-4-3-5-16(22)20(14)23/h3-7,10-11,13,26H,8-9,12H2,1-2H3,(H,27,28)/t13-/m0/s1. The lowest BCUT2D eigenvalue weighted by Gasteiger charge is -2.32. The third-order valence-electron chi connectivity index (χ3n) is 4.84. The third kappa shape index (κ3) is 4.46. The average Bonchev–Trinajstić information content (AvgIpc) is 2.72. The molecule has 1 atom stereocenters. The SMILES string of the molecule is C[C@@H](CO)N1C=C(C(=O)O)Oc2cc(N(C)CCc3cccc(Cl)c3F)ccc21. The Labute approximate surface area is 173 Å². The van der Waals surface area contributed by atoms with Crippen LogP contribution in [0.4, 0.5) is 15.8 Å². The molecule has 0 unspecified atom stereocenters. The summed E-state index contributed by atoms with van der Waals surface area (Å²) in [4.78, 5) is 15.0. The van der Waals surface area contributed by atoms with Crippen molar-refractivity contribution < 1.29 is 24.1 Å². The minimum atomic E-state index is -1.19. The van der Waals surface area contributed by atoms with Crippen LogP contribution < -0.4 is 14.5 Å². The first-order valence-electron chi connectivity index (χ1n) is 9.12. The minimum Gasteiger partial charge on any atom is -0.475 e. The molecule has 29 heavy (non-hydrogen) atoms. The Kier molecular flexibility index (Phi) is 6.30. The van der Waals surface area contributed by atoms with Gasteiger partial charge in [-0.1, -0.05) is 23.7 Å². The van der Waals surface area contributed by atoms with Crippen molar-refractivity contribution in [3.8, 4) is 5.75 Å². The van der Waals surface area contributed by atoms with Gasteiger partial charge in [-0.3, -0.25) is 0 Å². The van der Waals surface area contributed by atoms with Crippen LogP contribution in [0.2, 0.25) is 5.02 Å². The second-order valence-corrected chi connectivity index (χ2v) is 7.28. The number of carbonyl (C=O) groups is 1. The molecule has 0 saturated heterocycles. The molecule has 0 bridgehead atoms. The lowest BCUT2D eigenvalue weighted by Crippen LogP contribution is -2.35. The Bertz CT molecular complexity index is 950. The van der Waals surface area contributed by atoms with Gasteiger partial charge < -0.3 is 24.7 Å². The fourth-order valence-electron chi connectivity index (χ4n) is 3.09. The summed E-state index contributed by atoms with van der Waals surface area (Å²) in [6, 6.07) is 10.0. The van der Waals surface area contributed by atoms with Crippen LogP contribution in [0.1, 0.15) is 12.5 Å². The summed E-state index contributed by atoms with van der Waals surface area (Å²) >= 11 is 5.84. The molecule has 2 aromatic rings. The van der Waals surface area contributed by atoms with Crippen LogP contribution in [0.5, 0.6) is 5.75 Å². The molecule has 0 fully saturated rings. The number of hydrogen-bond acceptors (Lipinski definition) is 5. The molecule has 1 heterocycles. The summed E-state index contributed by atoms with van der Waals surface area (Å²) in [6.07, 6.45) is 1.83. The van der Waals surface area contributed by atoms with E-state index >= 15 is 0 Å². The fourth-order valence-corrected chi connectivity index (χ4v) is 3.28. The lowest BCUT2D eigenvalue weighted by atomic mass is 10.1. The Balaban J connectivity index is 1.81. The van der Waals surface area contributed by atoms with Gasteiger partial charge in [-0.25, -0.2) is 9.18 Å². The molecule has 1 aliphatic rings. The summed E-state index contributed by atoms with van der Waals surface area (Å²) < 4.78 is 19.6. The van der Waals surface area contributed by atoms with Gasteiger partial charge in [0.25, 0.3) is 0 Å². The first kappa shape index (κ1) is 21.0. The van der Waals surface area contributed by atoms with E-state index in [9.17, 15) is 19.4 Å². The van der Waals surface area contributed by atoms with Gasteiger partial charge >= 0.3 is 5.97 Å². The van der Waals surface area contributed by atoms with Gasteiger partial charge in [-0.05, 0) is 37.1 Å². The summed E-state index contributed by atoms with van der Waals surface area (Å²) in [6.45, 7) is 2.16. The van der Waals surface area contributed by atoms with E-state index in [2.05, 4.69) is 0 Å². The molecule has 0 amide bonds. The topological polar surface area (TPSA) is 73.2 Å². The monoisotopic (exact) mass is 420 g/mol. The molecular formula is C21H22ClFN2O4. The number of aliphatic carboxylic acids is 1. The van der Waals surface area contributed by atoms with E-state index in [1.807, 2.05) is 24.1 Å². The highest BCUT2D eigenvalue weighted by Crippen LogP contribution is 2.38. The molecule has 0 spiro atoms. The molecule has 0 aliphatic carbocycles. The number of likely N-dealkylation sites (N-methyl/N-ethyl adjacent to an activating group) is 1. The third-order valence-corrected chi connectivity index (χ3v) is 5.13. The molecule has 3 rings (SSSR count). The van der Waals surface area contributed by atoms with Crippen LogP contribution in [-0.2, 0) is 11.2 Å². The van der Waals surface area contributed by atoms with Crippen LogP contribution >= 0.6 is 11.6 Å². The Morgan fingerprint density at radius 3 is 2.79 bits per heavy atom. The van der Waals surface area contributed by atoms with E-state index < -0.39 is 11.8 Å². The van der Waals surface area contributed by atoms with Crippen molar-refractivity contribution in [2.24, 2.45) is 0 Å². The van der Waals surface area contributed by atoms with Crippen molar-refractivity contribution in [2.75, 3.05) is 30.0 Å². The minimum absolute atomic E-state index is 0.0958. The maximum absolute atomic E-state index is 14.1. The summed E-state index contributed by atoms with van der Waals surface area (Å²) in [5.41, 5.74) is 1.97. The van der Waals surface area contributed by atoms with Crippen LogP contribution in [0.15, 0.2) is 48.4 Å². The molecule has 154 valence electrons. The van der Waals surface area contributed by atoms with E-state index in [-0.39, 0.29) is 23.4 Å². The zero-order chi connectivity index (χ0) is 21.1. The average molecular weight is 421 g/mol. The van der Waals surface area contributed by atoms with Crippen molar-refractivity contribution in [2.45, 2.75) is 19.4 Å². The number of rotatable bonds is 7. The highest BCUT2D eigenvalue weighted by Gasteiger charge is 2.26. The van der Waals surface area contributed by atoms with Crippen molar-refractivity contribution >= 4 is 28.9 Å². The molecule has 2 N–H and O–H groups in total. The number of anilines is 2. The lowest BCUT2D eigenvalue weighted by molar-refractivity contribution is -0.135. The summed E-state index contributed by atoms with van der Waals surface area (Å²) in [5, 5.41) is 18.9. The van der Waals surface area contributed by atoms with Gasteiger partial charge in [-0.15, -0.1) is 0 Å². The zero-order valence-corrected chi connectivity index (χ0v) is 16.9. The number of aliphatic hydroxyl groups is 1. The number of aliphatic hydroxyl groups excluding tert-OH is 1. The van der Waals surface area contributed by atoms with Crippen LogP contribution in [0.3, 0.4) is 0 Å². The number of hydrogen-bond donors (Lipinski definition) is 2. The number of nitrogens with zero attached hydrogens (tertiary/aromatic N) is 2. The van der Waals surface area contributed by atoms with Gasteiger partial charge in [-0.2, -0.15) is 0 Å². The molecule has 0 radical (unpaired) electrons. The zero-order valence-electron chi connectivity index (χ0n) is 16.1. The normalized spacial score (nSPS) is 14.0. The molecule has 0 saturated carbocycles. The number of carboxylic acid groups (broad SMARTS) is 1. The first-order valence-corrected chi connectivity index (χ1v) is 9.50. The maximum Gasteiger partial charge on any atom is 0.373 e. The van der Waals surface area contributed by atoms with Gasteiger partial charge in [0.15, 0.2) is 5.75 Å². The first-order chi connectivity index (χ1) is 13.8. The second kappa shape index (κ2) is 8.71. The maximum atomic E-state index is 14.1. The Morgan fingerprint density at radius 1 is 1.34 bits per heavy atom. The number of halogens is 2. The molecule has 6 nitrogen and oxygen atoms in total. The van der Waals surface area contributed by atoms with Gasteiger partial charge in [0, 0.05) is 25.3 Å². The summed E-state index contributed by atoms with van der Waals surface area (Å²) in [7, 11) is 1.86. The van der Waals surface area contributed by atoms with Crippen molar-refractivity contribution in [1.82, 2.24) is 0 Å². The molecular weight excluding hydrogens is 399 g/mol. The highest BCUT2D eigenvalue weighted by atomic mass is 35.5. The largest absolute Gasteiger partial charge is 0.475 e. The Hall–Kier alpha value is -2.77. The van der Waals surface area contributed by atoms with Crippen molar-refractivity contribution in [1.29, 1.82) is 0 Å². The number of benzene rings is 2. The van der Waals surface area contributed by atoms with E-state index in [1.54, 1.807) is 30.0 Å². The van der Waals surface area contributed by atoms with E-state index in [0.717, 1.165) is 5.69 Å². The van der Waals surface area contributed by atoms with E-state index in [1.165, 1.54) is 12.3 Å². The van der Waals surface area contributed by atoms with Gasteiger partial charge in [0.1, 0.15) is 5.82 Å². The highest BCUT2D eigenvalue weighted by molar-refractivity contribution is 6.30.